The first-order valence-electron chi connectivity index (χ1n) is 4.12. The topological polar surface area (TPSA) is 12.9 Å². The molecular formula is C10H5BrCl2FN. The summed E-state index contributed by atoms with van der Waals surface area (Å²) in [7, 11) is 0. The zero-order valence-corrected chi connectivity index (χ0v) is 10.5. The minimum absolute atomic E-state index is 0.216. The number of halogens is 4. The van der Waals surface area contributed by atoms with Crippen LogP contribution in [0.3, 0.4) is 0 Å². The van der Waals surface area contributed by atoms with Crippen LogP contribution in [0.4, 0.5) is 4.39 Å². The molecule has 0 saturated carbocycles. The molecule has 1 heterocycles. The van der Waals surface area contributed by atoms with Crippen molar-refractivity contribution in [2.45, 2.75) is 5.88 Å². The highest BCUT2D eigenvalue weighted by Crippen LogP contribution is 2.28. The maximum Gasteiger partial charge on any atom is 0.134 e. The molecule has 0 aliphatic carbocycles. The van der Waals surface area contributed by atoms with Crippen LogP contribution < -0.4 is 0 Å². The second-order valence-electron chi connectivity index (χ2n) is 3.00. The second-order valence-corrected chi connectivity index (χ2v) is 4.48. The summed E-state index contributed by atoms with van der Waals surface area (Å²) in [5.74, 6) is -0.114. The van der Waals surface area contributed by atoms with Gasteiger partial charge in [-0.05, 0) is 34.1 Å². The van der Waals surface area contributed by atoms with Gasteiger partial charge in [-0.15, -0.1) is 11.6 Å². The number of fused-ring (bicyclic) bond motifs is 1. The van der Waals surface area contributed by atoms with E-state index >= 15 is 0 Å². The molecular weight excluding hydrogens is 304 g/mol. The highest BCUT2D eigenvalue weighted by Gasteiger charge is 2.09. The molecule has 2 rings (SSSR count). The van der Waals surface area contributed by atoms with Crippen LogP contribution >= 0.6 is 39.1 Å². The molecule has 0 aliphatic heterocycles. The van der Waals surface area contributed by atoms with Gasteiger partial charge in [-0.3, -0.25) is 0 Å². The van der Waals surface area contributed by atoms with E-state index in [-0.39, 0.29) is 11.7 Å². The van der Waals surface area contributed by atoms with Crippen LogP contribution in [0, 0.1) is 5.82 Å². The Morgan fingerprint density at radius 2 is 2.13 bits per heavy atom. The van der Waals surface area contributed by atoms with E-state index in [0.29, 0.717) is 26.1 Å². The molecule has 0 aliphatic rings. The monoisotopic (exact) mass is 307 g/mol. The molecule has 0 fully saturated rings. The fraction of sp³-hybridized carbons (Fsp3) is 0.100. The summed E-state index contributed by atoms with van der Waals surface area (Å²) in [4.78, 5) is 4.10. The van der Waals surface area contributed by atoms with Crippen LogP contribution in [0.15, 0.2) is 22.7 Å². The number of alkyl halides is 1. The fourth-order valence-corrected chi connectivity index (χ4v) is 2.22. The summed E-state index contributed by atoms with van der Waals surface area (Å²) in [5.41, 5.74) is 1.14. The van der Waals surface area contributed by atoms with Crippen molar-refractivity contribution in [3.8, 4) is 0 Å². The molecule has 0 spiro atoms. The molecule has 0 radical (unpaired) electrons. The normalized spacial score (nSPS) is 10.9. The van der Waals surface area contributed by atoms with E-state index in [1.807, 2.05) is 0 Å². The second kappa shape index (κ2) is 4.24. The Hall–Kier alpha value is -0.380. The quantitative estimate of drug-likeness (QED) is 0.557. The first-order chi connectivity index (χ1) is 7.13. The van der Waals surface area contributed by atoms with Gasteiger partial charge < -0.3 is 0 Å². The number of hydrogen-bond donors (Lipinski definition) is 0. The Morgan fingerprint density at radius 1 is 1.40 bits per heavy atom. The number of nitrogens with zero attached hydrogens (tertiary/aromatic N) is 1. The molecule has 0 bridgehead atoms. The van der Waals surface area contributed by atoms with Gasteiger partial charge in [0, 0.05) is 15.4 Å². The lowest BCUT2D eigenvalue weighted by Gasteiger charge is -2.05. The summed E-state index contributed by atoms with van der Waals surface area (Å²) in [6.07, 6.45) is 0. The molecule has 2 aromatic rings. The van der Waals surface area contributed by atoms with Crippen molar-refractivity contribution in [3.05, 3.63) is 39.2 Å². The Labute approximate surface area is 104 Å². The molecule has 5 heteroatoms. The molecule has 1 aromatic heterocycles. The smallest absolute Gasteiger partial charge is 0.134 e. The van der Waals surface area contributed by atoms with Gasteiger partial charge in [0.2, 0.25) is 0 Å². The van der Waals surface area contributed by atoms with Gasteiger partial charge in [-0.25, -0.2) is 9.37 Å². The summed E-state index contributed by atoms with van der Waals surface area (Å²) in [6.45, 7) is 0. The van der Waals surface area contributed by atoms with Crippen molar-refractivity contribution in [2.24, 2.45) is 0 Å². The number of aromatic nitrogens is 1. The van der Waals surface area contributed by atoms with Crippen molar-refractivity contribution in [1.82, 2.24) is 4.98 Å². The largest absolute Gasteiger partial charge is 0.234 e. The third-order valence-electron chi connectivity index (χ3n) is 2.05. The Morgan fingerprint density at radius 3 is 2.80 bits per heavy atom. The lowest BCUT2D eigenvalue weighted by molar-refractivity contribution is 0.639. The van der Waals surface area contributed by atoms with Gasteiger partial charge >= 0.3 is 0 Å². The number of benzene rings is 1. The third-order valence-corrected chi connectivity index (χ3v) is 3.31. The van der Waals surface area contributed by atoms with Crippen molar-refractivity contribution in [2.75, 3.05) is 0 Å². The molecule has 0 atom stereocenters. The van der Waals surface area contributed by atoms with Gasteiger partial charge in [0.15, 0.2) is 0 Å². The van der Waals surface area contributed by atoms with Crippen LogP contribution in [-0.4, -0.2) is 4.98 Å². The minimum Gasteiger partial charge on any atom is -0.234 e. The molecule has 0 saturated heterocycles. The van der Waals surface area contributed by atoms with E-state index in [1.165, 1.54) is 6.07 Å². The molecule has 78 valence electrons. The Balaban J connectivity index is 2.86. The predicted octanol–water partition coefficient (Wildman–Crippen LogP) is 4.53. The van der Waals surface area contributed by atoms with E-state index in [0.717, 1.165) is 0 Å². The molecule has 0 N–H and O–H groups in total. The average Bonchev–Trinajstić information content (AvgIpc) is 2.23. The number of hydrogen-bond acceptors (Lipinski definition) is 1. The molecule has 0 unspecified atom stereocenters. The minimum atomic E-state index is -0.330. The number of pyridine rings is 1. The standard InChI is InChI=1S/C10H5BrCl2FN/c11-7-1-2-8(14)6-3-5(4-12)10(13)15-9(6)7/h1-3H,4H2. The lowest BCUT2D eigenvalue weighted by atomic mass is 10.1. The first kappa shape index (κ1) is 11.1. The third kappa shape index (κ3) is 1.96. The highest BCUT2D eigenvalue weighted by molar-refractivity contribution is 9.10. The average molecular weight is 309 g/mol. The zero-order valence-electron chi connectivity index (χ0n) is 7.40. The van der Waals surface area contributed by atoms with Gasteiger partial charge in [-0.2, -0.15) is 0 Å². The van der Waals surface area contributed by atoms with Crippen LogP contribution in [0.5, 0.6) is 0 Å². The maximum absolute atomic E-state index is 13.5. The van der Waals surface area contributed by atoms with Gasteiger partial charge in [-0.1, -0.05) is 11.6 Å². The SMILES string of the molecule is Fc1ccc(Br)c2nc(Cl)c(CCl)cc12. The summed E-state index contributed by atoms with van der Waals surface area (Å²) >= 11 is 14.8. The van der Waals surface area contributed by atoms with E-state index in [1.54, 1.807) is 12.1 Å². The molecule has 0 amide bonds. The summed E-state index contributed by atoms with van der Waals surface area (Å²) in [5, 5.41) is 0.730. The molecule has 15 heavy (non-hydrogen) atoms. The van der Waals surface area contributed by atoms with Crippen molar-refractivity contribution >= 4 is 50.0 Å². The van der Waals surface area contributed by atoms with Crippen molar-refractivity contribution in [1.29, 1.82) is 0 Å². The van der Waals surface area contributed by atoms with Crippen molar-refractivity contribution < 1.29 is 4.39 Å². The van der Waals surface area contributed by atoms with Crippen LogP contribution in [0.25, 0.3) is 10.9 Å². The zero-order chi connectivity index (χ0) is 11.0. The van der Waals surface area contributed by atoms with Crippen LogP contribution in [0.2, 0.25) is 5.15 Å². The fourth-order valence-electron chi connectivity index (χ4n) is 1.31. The van der Waals surface area contributed by atoms with Gasteiger partial charge in [0.25, 0.3) is 0 Å². The Kier molecular flexibility index (Phi) is 3.14. The maximum atomic E-state index is 13.5. The van der Waals surface area contributed by atoms with Gasteiger partial charge in [0.05, 0.1) is 11.4 Å². The molecule has 1 nitrogen and oxygen atoms in total. The highest BCUT2D eigenvalue weighted by atomic mass is 79.9. The van der Waals surface area contributed by atoms with Gasteiger partial charge in [0.1, 0.15) is 11.0 Å². The summed E-state index contributed by atoms with van der Waals surface area (Å²) < 4.78 is 14.2. The van der Waals surface area contributed by atoms with E-state index < -0.39 is 0 Å². The lowest BCUT2D eigenvalue weighted by Crippen LogP contribution is -1.90. The van der Waals surface area contributed by atoms with E-state index in [4.69, 9.17) is 23.2 Å². The number of rotatable bonds is 1. The molecule has 1 aromatic carbocycles. The first-order valence-corrected chi connectivity index (χ1v) is 5.83. The van der Waals surface area contributed by atoms with Crippen LogP contribution in [-0.2, 0) is 5.88 Å². The van der Waals surface area contributed by atoms with Crippen molar-refractivity contribution in [3.63, 3.8) is 0 Å². The summed E-state index contributed by atoms with van der Waals surface area (Å²) in [6, 6.07) is 4.60. The predicted molar refractivity (Wildman–Crippen MR) is 64.0 cm³/mol. The Bertz CT molecular complexity index is 530. The van der Waals surface area contributed by atoms with E-state index in [9.17, 15) is 4.39 Å². The van der Waals surface area contributed by atoms with Crippen LogP contribution in [0.1, 0.15) is 5.56 Å². The van der Waals surface area contributed by atoms with E-state index in [2.05, 4.69) is 20.9 Å².